The van der Waals surface area contributed by atoms with Crippen molar-refractivity contribution in [3.8, 4) is 5.75 Å². The zero-order chi connectivity index (χ0) is 23.1. The molecule has 3 amide bonds. The van der Waals surface area contributed by atoms with Gasteiger partial charge in [0.2, 0.25) is 0 Å². The number of ether oxygens (including phenoxy) is 1. The number of rotatable bonds is 4. The second kappa shape index (κ2) is 8.09. The fraction of sp³-hybridized carbons (Fsp3) is 0.250. The second-order valence-electron chi connectivity index (χ2n) is 8.12. The van der Waals surface area contributed by atoms with Crippen LogP contribution in [0.25, 0.3) is 0 Å². The Balaban J connectivity index is 1.47. The van der Waals surface area contributed by atoms with Crippen LogP contribution >= 0.6 is 0 Å². The summed E-state index contributed by atoms with van der Waals surface area (Å²) < 4.78 is 7.36. The van der Waals surface area contributed by atoms with Crippen molar-refractivity contribution in [1.82, 2.24) is 14.7 Å². The van der Waals surface area contributed by atoms with E-state index in [0.717, 1.165) is 5.56 Å². The predicted molar refractivity (Wildman–Crippen MR) is 120 cm³/mol. The standard InChI is InChI=1S/C24H23N5O4/c1-27-17-9-5-6-10-19(17)33-14-18(23(27)31)28-12-11-16-20(24(28)32)26-29(21(16)22(25)30)13-15-7-3-2-4-8-15/h2-10,18H,11-14H2,1H3,(H2,25,30)/t18-/m0/s1. The third-order valence-electron chi connectivity index (χ3n) is 6.14. The summed E-state index contributed by atoms with van der Waals surface area (Å²) in [6.45, 7) is 0.602. The smallest absolute Gasteiger partial charge is 0.275 e. The lowest BCUT2D eigenvalue weighted by Gasteiger charge is -2.33. The van der Waals surface area contributed by atoms with Gasteiger partial charge < -0.3 is 20.3 Å². The number of anilines is 1. The molecule has 0 fully saturated rings. The largest absolute Gasteiger partial charge is 0.489 e. The minimum atomic E-state index is -0.806. The number of amides is 3. The number of likely N-dealkylation sites (N-methyl/N-ethyl adjacent to an activating group) is 1. The lowest BCUT2D eigenvalue weighted by molar-refractivity contribution is -0.123. The molecule has 9 heteroatoms. The molecule has 1 atom stereocenters. The van der Waals surface area contributed by atoms with Crippen LogP contribution in [0.5, 0.6) is 5.75 Å². The molecule has 0 spiro atoms. The number of carbonyl (C=O) groups excluding carboxylic acids is 3. The van der Waals surface area contributed by atoms with E-state index in [0.29, 0.717) is 30.0 Å². The van der Waals surface area contributed by atoms with Gasteiger partial charge >= 0.3 is 0 Å². The summed E-state index contributed by atoms with van der Waals surface area (Å²) in [5.74, 6) is -0.698. The number of nitrogens with zero attached hydrogens (tertiary/aromatic N) is 4. The molecule has 0 radical (unpaired) electrons. The summed E-state index contributed by atoms with van der Waals surface area (Å²) in [7, 11) is 1.67. The van der Waals surface area contributed by atoms with Crippen molar-refractivity contribution in [3.63, 3.8) is 0 Å². The van der Waals surface area contributed by atoms with Crippen LogP contribution in [0, 0.1) is 0 Å². The zero-order valence-electron chi connectivity index (χ0n) is 18.1. The molecule has 2 aliphatic rings. The molecule has 3 aromatic rings. The molecule has 5 rings (SSSR count). The zero-order valence-corrected chi connectivity index (χ0v) is 18.1. The number of hydrogen-bond acceptors (Lipinski definition) is 5. The summed E-state index contributed by atoms with van der Waals surface area (Å²) in [5.41, 5.74) is 8.16. The Kier molecular flexibility index (Phi) is 5.08. The van der Waals surface area contributed by atoms with E-state index in [9.17, 15) is 14.4 Å². The highest BCUT2D eigenvalue weighted by molar-refractivity contribution is 6.05. The molecular weight excluding hydrogens is 422 g/mol. The number of primary amides is 1. The Morgan fingerprint density at radius 3 is 2.61 bits per heavy atom. The molecule has 3 heterocycles. The number of nitrogens with two attached hydrogens (primary N) is 1. The van der Waals surface area contributed by atoms with Crippen LogP contribution < -0.4 is 15.4 Å². The van der Waals surface area contributed by atoms with E-state index in [1.165, 1.54) is 14.5 Å². The van der Waals surface area contributed by atoms with Gasteiger partial charge in [-0.2, -0.15) is 5.10 Å². The topological polar surface area (TPSA) is 111 Å². The van der Waals surface area contributed by atoms with Gasteiger partial charge in [-0.25, -0.2) is 0 Å². The van der Waals surface area contributed by atoms with Gasteiger partial charge in [-0.3, -0.25) is 19.1 Å². The molecule has 1 aromatic heterocycles. The van der Waals surface area contributed by atoms with Crippen LogP contribution in [-0.2, 0) is 17.8 Å². The highest BCUT2D eigenvalue weighted by Gasteiger charge is 2.41. The molecule has 2 N–H and O–H groups in total. The Bertz CT molecular complexity index is 1250. The summed E-state index contributed by atoms with van der Waals surface area (Å²) >= 11 is 0. The molecule has 0 unspecified atom stereocenters. The first kappa shape index (κ1) is 20.7. The number of para-hydroxylation sites is 2. The Morgan fingerprint density at radius 1 is 1.12 bits per heavy atom. The van der Waals surface area contributed by atoms with Gasteiger partial charge in [-0.15, -0.1) is 0 Å². The molecule has 9 nitrogen and oxygen atoms in total. The Hall–Kier alpha value is -4.14. The highest BCUT2D eigenvalue weighted by Crippen LogP contribution is 2.32. The maximum atomic E-state index is 13.5. The Labute approximate surface area is 190 Å². The SMILES string of the molecule is CN1C(=O)[C@@H](N2CCc3c(nn(Cc4ccccc4)c3C(N)=O)C2=O)COc2ccccc21. The Morgan fingerprint density at radius 2 is 1.85 bits per heavy atom. The normalized spacial score (nSPS) is 17.8. The molecule has 168 valence electrons. The third-order valence-corrected chi connectivity index (χ3v) is 6.14. The van der Waals surface area contributed by atoms with Crippen LogP contribution in [-0.4, -0.2) is 58.6 Å². The van der Waals surface area contributed by atoms with Crippen LogP contribution in [0.4, 0.5) is 5.69 Å². The first-order valence-corrected chi connectivity index (χ1v) is 10.7. The molecular formula is C24H23N5O4. The van der Waals surface area contributed by atoms with Gasteiger partial charge in [0.05, 0.1) is 12.2 Å². The van der Waals surface area contributed by atoms with Crippen molar-refractivity contribution >= 4 is 23.4 Å². The van der Waals surface area contributed by atoms with Crippen LogP contribution in [0.15, 0.2) is 54.6 Å². The second-order valence-corrected chi connectivity index (χ2v) is 8.12. The van der Waals surface area contributed by atoms with Crippen LogP contribution in [0.3, 0.4) is 0 Å². The quantitative estimate of drug-likeness (QED) is 0.654. The van der Waals surface area contributed by atoms with Gasteiger partial charge in [0.15, 0.2) is 5.69 Å². The molecule has 0 aliphatic carbocycles. The maximum Gasteiger partial charge on any atom is 0.275 e. The average molecular weight is 445 g/mol. The predicted octanol–water partition coefficient (Wildman–Crippen LogP) is 1.45. The van der Waals surface area contributed by atoms with Crippen molar-refractivity contribution < 1.29 is 19.1 Å². The van der Waals surface area contributed by atoms with Gasteiger partial charge in [0, 0.05) is 19.2 Å². The van der Waals surface area contributed by atoms with E-state index in [-0.39, 0.29) is 30.4 Å². The van der Waals surface area contributed by atoms with Crippen molar-refractivity contribution in [2.24, 2.45) is 5.73 Å². The van der Waals surface area contributed by atoms with Crippen molar-refractivity contribution in [3.05, 3.63) is 77.1 Å². The fourth-order valence-corrected chi connectivity index (χ4v) is 4.48. The molecule has 33 heavy (non-hydrogen) atoms. The van der Waals surface area contributed by atoms with E-state index in [4.69, 9.17) is 10.5 Å². The number of aromatic nitrogens is 2. The monoisotopic (exact) mass is 445 g/mol. The van der Waals surface area contributed by atoms with E-state index in [2.05, 4.69) is 5.10 Å². The number of fused-ring (bicyclic) bond motifs is 2. The minimum Gasteiger partial charge on any atom is -0.489 e. The van der Waals surface area contributed by atoms with Gasteiger partial charge in [-0.1, -0.05) is 42.5 Å². The van der Waals surface area contributed by atoms with Crippen LogP contribution in [0.1, 0.15) is 32.1 Å². The van der Waals surface area contributed by atoms with E-state index < -0.39 is 17.9 Å². The van der Waals surface area contributed by atoms with Gasteiger partial charge in [-0.05, 0) is 24.1 Å². The maximum absolute atomic E-state index is 13.5. The highest BCUT2D eigenvalue weighted by atomic mass is 16.5. The number of carbonyl (C=O) groups is 3. The molecule has 0 saturated carbocycles. The number of hydrogen-bond donors (Lipinski definition) is 1. The van der Waals surface area contributed by atoms with E-state index >= 15 is 0 Å². The van der Waals surface area contributed by atoms with Crippen molar-refractivity contribution in [1.29, 1.82) is 0 Å². The van der Waals surface area contributed by atoms with Crippen molar-refractivity contribution in [2.75, 3.05) is 25.1 Å². The number of benzene rings is 2. The summed E-state index contributed by atoms with van der Waals surface area (Å²) in [6.07, 6.45) is 0.370. The van der Waals surface area contributed by atoms with Gasteiger partial charge in [0.1, 0.15) is 24.1 Å². The first-order chi connectivity index (χ1) is 16.0. The van der Waals surface area contributed by atoms with Gasteiger partial charge in [0.25, 0.3) is 17.7 Å². The molecule has 0 saturated heterocycles. The third kappa shape index (κ3) is 3.51. The molecule has 2 aromatic carbocycles. The van der Waals surface area contributed by atoms with Crippen LogP contribution in [0.2, 0.25) is 0 Å². The lowest BCUT2D eigenvalue weighted by atomic mass is 10.0. The van der Waals surface area contributed by atoms with E-state index in [1.807, 2.05) is 42.5 Å². The minimum absolute atomic E-state index is 0.0364. The fourth-order valence-electron chi connectivity index (χ4n) is 4.48. The average Bonchev–Trinajstić information content (AvgIpc) is 3.14. The summed E-state index contributed by atoms with van der Waals surface area (Å²) in [4.78, 5) is 42.0. The molecule has 2 aliphatic heterocycles. The summed E-state index contributed by atoms with van der Waals surface area (Å²) in [6, 6.07) is 16.0. The molecule has 0 bridgehead atoms. The van der Waals surface area contributed by atoms with Crippen molar-refractivity contribution in [2.45, 2.75) is 19.0 Å². The summed E-state index contributed by atoms with van der Waals surface area (Å²) in [5, 5.41) is 4.46. The van der Waals surface area contributed by atoms with E-state index in [1.54, 1.807) is 19.2 Å². The first-order valence-electron chi connectivity index (χ1n) is 10.7. The lowest BCUT2D eigenvalue weighted by Crippen LogP contribution is -2.54.